The van der Waals surface area contributed by atoms with E-state index in [1.807, 2.05) is 0 Å². The monoisotopic (exact) mass is 1030 g/mol. The zero-order valence-corrected chi connectivity index (χ0v) is 46.8. The highest BCUT2D eigenvalue weighted by molar-refractivity contribution is 7.47. The Hall–Kier alpha value is -3.08. The molecule has 0 aromatic heterocycles. The van der Waals surface area contributed by atoms with Gasteiger partial charge in [0.05, 0.1) is 19.8 Å². The molecule has 416 valence electrons. The highest BCUT2D eigenvalue weighted by Crippen LogP contribution is 2.43. The predicted octanol–water partition coefficient (Wildman–Crippen LogP) is 16.9. The summed E-state index contributed by atoms with van der Waals surface area (Å²) < 4.78 is 39.4. The van der Waals surface area contributed by atoms with Crippen LogP contribution < -0.4 is 0 Å². The van der Waals surface area contributed by atoms with E-state index in [1.165, 1.54) is 70.6 Å². The molecule has 0 spiro atoms. The number of carbonyl (C=O) groups excluding carboxylic acids is 3. The van der Waals surface area contributed by atoms with E-state index in [-0.39, 0.29) is 25.9 Å². The molecule has 0 heterocycles. The minimum absolute atomic E-state index is 0.154. The summed E-state index contributed by atoms with van der Waals surface area (Å²) in [6.45, 7) is 4.47. The fourth-order valence-electron chi connectivity index (χ4n) is 7.73. The topological polar surface area (TPSA) is 155 Å². The molecular formula is C60H105O11P. The lowest BCUT2D eigenvalue weighted by molar-refractivity contribution is -0.161. The average molecular weight is 1030 g/mol. The molecule has 11 nitrogen and oxygen atoms in total. The average Bonchev–Trinajstić information content (AvgIpc) is 3.37. The highest BCUT2D eigenvalue weighted by atomic mass is 31.2. The third-order valence-corrected chi connectivity index (χ3v) is 13.1. The normalized spacial score (nSPS) is 13.9. The van der Waals surface area contributed by atoms with Gasteiger partial charge in [-0.1, -0.05) is 216 Å². The number of unbranched alkanes of at least 4 members (excludes halogenated alkanes) is 24. The second kappa shape index (κ2) is 54.2. The van der Waals surface area contributed by atoms with Crippen LogP contribution in [0.25, 0.3) is 0 Å². The van der Waals surface area contributed by atoms with Gasteiger partial charge in [0, 0.05) is 19.3 Å². The van der Waals surface area contributed by atoms with Crippen LogP contribution in [-0.4, -0.2) is 66.5 Å². The quantitative estimate of drug-likeness (QED) is 0.0197. The summed E-state index contributed by atoms with van der Waals surface area (Å²) in [6.07, 6.45) is 60.1. The van der Waals surface area contributed by atoms with Crippen LogP contribution >= 0.6 is 7.82 Å². The third kappa shape index (κ3) is 51.8. The van der Waals surface area contributed by atoms with Crippen molar-refractivity contribution in [1.82, 2.24) is 0 Å². The molecule has 3 atom stereocenters. The van der Waals surface area contributed by atoms with Gasteiger partial charge in [0.1, 0.15) is 12.7 Å². The molecule has 12 heteroatoms. The van der Waals surface area contributed by atoms with Crippen molar-refractivity contribution in [1.29, 1.82) is 0 Å². The minimum atomic E-state index is -4.75. The number of hydrogen-bond acceptors (Lipinski definition) is 10. The van der Waals surface area contributed by atoms with Crippen LogP contribution in [0.1, 0.15) is 252 Å². The summed E-state index contributed by atoms with van der Waals surface area (Å²) >= 11 is 0. The molecule has 0 bridgehead atoms. The first-order chi connectivity index (χ1) is 35.2. The maximum Gasteiger partial charge on any atom is 0.472 e. The second-order valence-electron chi connectivity index (χ2n) is 19.1. The van der Waals surface area contributed by atoms with Gasteiger partial charge in [-0.15, -0.1) is 0 Å². The number of ether oxygens (including phenoxy) is 3. The number of rotatable bonds is 53. The van der Waals surface area contributed by atoms with Gasteiger partial charge in [0.25, 0.3) is 0 Å². The summed E-state index contributed by atoms with van der Waals surface area (Å²) in [4.78, 5) is 48.5. The van der Waals surface area contributed by atoms with E-state index in [9.17, 15) is 28.9 Å². The van der Waals surface area contributed by atoms with E-state index in [0.29, 0.717) is 19.3 Å². The van der Waals surface area contributed by atoms with Gasteiger partial charge in [-0.3, -0.25) is 23.4 Å². The van der Waals surface area contributed by atoms with Crippen molar-refractivity contribution in [2.45, 2.75) is 264 Å². The maximum absolute atomic E-state index is 12.9. The molecule has 0 rings (SSSR count). The lowest BCUT2D eigenvalue weighted by Crippen LogP contribution is -2.30. The smallest absolute Gasteiger partial charge is 0.462 e. The van der Waals surface area contributed by atoms with Gasteiger partial charge in [0.15, 0.2) is 6.10 Å². The van der Waals surface area contributed by atoms with Crippen molar-refractivity contribution >= 4 is 25.7 Å². The number of esters is 3. The third-order valence-electron chi connectivity index (χ3n) is 12.1. The van der Waals surface area contributed by atoms with Crippen LogP contribution in [0, 0.1) is 0 Å². The zero-order chi connectivity index (χ0) is 52.7. The molecule has 0 saturated heterocycles. The number of phosphoric ester groups is 1. The van der Waals surface area contributed by atoms with Crippen molar-refractivity contribution in [2.75, 3.05) is 26.4 Å². The van der Waals surface area contributed by atoms with Gasteiger partial charge in [0.2, 0.25) is 0 Å². The molecule has 0 aliphatic heterocycles. The Labute approximate surface area is 439 Å². The summed E-state index contributed by atoms with van der Waals surface area (Å²) in [5.41, 5.74) is 0. The fraction of sp³-hybridized carbons (Fsp3) is 0.750. The molecular weight excluding hydrogens is 928 g/mol. The van der Waals surface area contributed by atoms with Crippen molar-refractivity contribution in [3.05, 3.63) is 72.9 Å². The largest absolute Gasteiger partial charge is 0.472 e. The summed E-state index contributed by atoms with van der Waals surface area (Å²) in [7, 11) is -4.75. The van der Waals surface area contributed by atoms with Gasteiger partial charge in [-0.05, 0) is 89.9 Å². The molecule has 0 radical (unpaired) electrons. The summed E-state index contributed by atoms with van der Waals surface area (Å²) in [5.74, 6) is -1.49. The zero-order valence-electron chi connectivity index (χ0n) is 45.9. The van der Waals surface area contributed by atoms with Crippen LogP contribution in [0.5, 0.6) is 0 Å². The number of aliphatic hydroxyl groups is 1. The van der Waals surface area contributed by atoms with Crippen molar-refractivity contribution < 1.29 is 52.2 Å². The maximum atomic E-state index is 12.9. The number of aliphatic hydroxyl groups excluding tert-OH is 1. The molecule has 0 aromatic carbocycles. The van der Waals surface area contributed by atoms with Gasteiger partial charge >= 0.3 is 25.7 Å². The number of allylic oxidation sites excluding steroid dienone is 12. The molecule has 0 aromatic rings. The Balaban J connectivity index is 4.74. The van der Waals surface area contributed by atoms with E-state index in [4.69, 9.17) is 23.3 Å². The molecule has 0 aliphatic carbocycles. The molecule has 0 aliphatic rings. The van der Waals surface area contributed by atoms with Crippen LogP contribution in [0.4, 0.5) is 0 Å². The van der Waals surface area contributed by atoms with Crippen molar-refractivity contribution in [3.63, 3.8) is 0 Å². The Kier molecular flexibility index (Phi) is 51.9. The van der Waals surface area contributed by atoms with Crippen LogP contribution in [-0.2, 0) is 42.2 Å². The summed E-state index contributed by atoms with van der Waals surface area (Å²) in [6, 6.07) is 0. The lowest BCUT2D eigenvalue weighted by Gasteiger charge is -2.21. The number of phosphoric acid groups is 1. The molecule has 3 unspecified atom stereocenters. The van der Waals surface area contributed by atoms with E-state index in [2.05, 4.69) is 93.7 Å². The van der Waals surface area contributed by atoms with Gasteiger partial charge < -0.3 is 24.2 Å². The SMILES string of the molecule is CC/C=C\C/C=C\C/C=C\C/C=C\CCCCCCCCC(=O)OCC(COP(=O)(O)OCC(CO)OC(=O)CCCCCCCCCCC)OC(=O)CCCCCCCCC/C=C\C/C=C\CCCCC. The molecule has 2 N–H and O–H groups in total. The molecule has 0 amide bonds. The van der Waals surface area contributed by atoms with Crippen LogP contribution in [0.3, 0.4) is 0 Å². The van der Waals surface area contributed by atoms with E-state index in [1.54, 1.807) is 0 Å². The van der Waals surface area contributed by atoms with Crippen molar-refractivity contribution in [3.8, 4) is 0 Å². The van der Waals surface area contributed by atoms with Gasteiger partial charge in [-0.2, -0.15) is 0 Å². The standard InChI is InChI=1S/C60H105O11P/c1-4-7-10-13-16-19-21-23-25-27-28-30-31-33-35-38-40-43-46-49-58(62)67-53-57(71-60(64)51-48-45-42-39-36-34-32-29-26-24-22-20-17-14-11-8-5-2)55-69-72(65,66)68-54-56(52-61)70-59(63)50-47-44-41-37-18-15-12-9-6-3/h7,10,16-17,19-20,23-26,28,30,56-57,61H,4-6,8-9,11-15,18,21-22,27,29,31-55H2,1-3H3,(H,65,66)/b10-7-,19-16-,20-17-,25-23-,26-24-,30-28-. The molecule has 0 saturated carbocycles. The van der Waals surface area contributed by atoms with E-state index < -0.39 is 57.8 Å². The molecule has 72 heavy (non-hydrogen) atoms. The Morgan fingerprint density at radius 2 is 0.722 bits per heavy atom. The highest BCUT2D eigenvalue weighted by Gasteiger charge is 2.28. The fourth-order valence-corrected chi connectivity index (χ4v) is 8.51. The van der Waals surface area contributed by atoms with Crippen molar-refractivity contribution in [2.24, 2.45) is 0 Å². The Bertz CT molecular complexity index is 1490. The van der Waals surface area contributed by atoms with Crippen LogP contribution in [0.2, 0.25) is 0 Å². The minimum Gasteiger partial charge on any atom is -0.462 e. The van der Waals surface area contributed by atoms with Crippen LogP contribution in [0.15, 0.2) is 72.9 Å². The Morgan fingerprint density at radius 3 is 1.14 bits per heavy atom. The lowest BCUT2D eigenvalue weighted by atomic mass is 10.1. The Morgan fingerprint density at radius 1 is 0.403 bits per heavy atom. The van der Waals surface area contributed by atoms with E-state index >= 15 is 0 Å². The first kappa shape index (κ1) is 68.9. The first-order valence-corrected chi connectivity index (χ1v) is 30.3. The summed E-state index contributed by atoms with van der Waals surface area (Å²) in [5, 5.41) is 9.77. The van der Waals surface area contributed by atoms with Gasteiger partial charge in [-0.25, -0.2) is 4.57 Å². The number of carbonyl (C=O) groups is 3. The second-order valence-corrected chi connectivity index (χ2v) is 20.5. The predicted molar refractivity (Wildman–Crippen MR) is 298 cm³/mol. The molecule has 0 fully saturated rings. The number of hydrogen-bond donors (Lipinski definition) is 2. The van der Waals surface area contributed by atoms with E-state index in [0.717, 1.165) is 122 Å². The first-order valence-electron chi connectivity index (χ1n) is 28.8.